The highest BCUT2D eigenvalue weighted by atomic mass is 32.1. The van der Waals surface area contributed by atoms with E-state index in [1.54, 1.807) is 18.4 Å². The lowest BCUT2D eigenvalue weighted by atomic mass is 9.87. The predicted octanol–water partition coefficient (Wildman–Crippen LogP) is 2.13. The monoisotopic (exact) mass is 408 g/mol. The summed E-state index contributed by atoms with van der Waals surface area (Å²) in [6.45, 7) is 7.17. The standard InChI is InChI=1S/C21H36N4O2S/c1-23-10-5-17(6-11-23)24-12-7-21(26,8-13-24)19-16-28-20(22-19)14-25-9-3-4-18(25)15-27-2/h16-18,26H,3-15H2,1-2H3/t18-/m1/s1. The Hall–Kier alpha value is -0.570. The minimum Gasteiger partial charge on any atom is -0.383 e. The van der Waals surface area contributed by atoms with Crippen molar-refractivity contribution < 1.29 is 9.84 Å². The summed E-state index contributed by atoms with van der Waals surface area (Å²) in [5.41, 5.74) is 0.159. The van der Waals surface area contributed by atoms with Crippen molar-refractivity contribution in [2.45, 2.75) is 62.8 Å². The number of piperidine rings is 2. The van der Waals surface area contributed by atoms with Crippen molar-refractivity contribution in [3.63, 3.8) is 0 Å². The van der Waals surface area contributed by atoms with Crippen LogP contribution in [-0.2, 0) is 16.9 Å². The number of nitrogens with zero attached hydrogens (tertiary/aromatic N) is 4. The summed E-state index contributed by atoms with van der Waals surface area (Å²) >= 11 is 1.71. The summed E-state index contributed by atoms with van der Waals surface area (Å²) < 4.78 is 5.37. The highest BCUT2D eigenvalue weighted by Crippen LogP contribution is 2.35. The Balaban J connectivity index is 1.32. The van der Waals surface area contributed by atoms with Gasteiger partial charge in [0, 0.05) is 37.7 Å². The summed E-state index contributed by atoms with van der Waals surface area (Å²) in [5, 5.41) is 14.5. The largest absolute Gasteiger partial charge is 0.383 e. The number of methoxy groups -OCH3 is 1. The predicted molar refractivity (Wildman–Crippen MR) is 113 cm³/mol. The minimum atomic E-state index is -0.742. The maximum absolute atomic E-state index is 11.3. The molecule has 1 N–H and O–H groups in total. The molecule has 6 nitrogen and oxygen atoms in total. The third kappa shape index (κ3) is 4.60. The van der Waals surface area contributed by atoms with Gasteiger partial charge in [0.15, 0.2) is 0 Å². The van der Waals surface area contributed by atoms with Crippen LogP contribution in [0.15, 0.2) is 5.38 Å². The molecule has 28 heavy (non-hydrogen) atoms. The van der Waals surface area contributed by atoms with Crippen LogP contribution in [0.3, 0.4) is 0 Å². The number of hydrogen-bond acceptors (Lipinski definition) is 7. The molecule has 1 aromatic rings. The number of ether oxygens (including phenoxy) is 1. The van der Waals surface area contributed by atoms with Crippen LogP contribution < -0.4 is 0 Å². The molecule has 3 saturated heterocycles. The van der Waals surface area contributed by atoms with Gasteiger partial charge in [-0.2, -0.15) is 0 Å². The van der Waals surface area contributed by atoms with Crippen molar-refractivity contribution >= 4 is 11.3 Å². The molecule has 7 heteroatoms. The van der Waals surface area contributed by atoms with E-state index in [-0.39, 0.29) is 0 Å². The van der Waals surface area contributed by atoms with Gasteiger partial charge in [0.1, 0.15) is 10.6 Å². The average Bonchev–Trinajstić information content (AvgIpc) is 3.34. The molecule has 0 unspecified atom stereocenters. The SMILES string of the molecule is COC[C@H]1CCCN1Cc1nc(C2(O)CCN(C3CCN(C)CC3)CC2)cs1. The lowest BCUT2D eigenvalue weighted by molar-refractivity contribution is -0.0440. The van der Waals surface area contributed by atoms with E-state index in [1.165, 1.54) is 38.8 Å². The van der Waals surface area contributed by atoms with Crippen LogP contribution in [0.1, 0.15) is 49.2 Å². The van der Waals surface area contributed by atoms with Crippen molar-refractivity contribution in [1.82, 2.24) is 19.7 Å². The topological polar surface area (TPSA) is 52.1 Å². The van der Waals surface area contributed by atoms with E-state index in [2.05, 4.69) is 27.1 Å². The summed E-state index contributed by atoms with van der Waals surface area (Å²) in [4.78, 5) is 12.4. The molecule has 0 bridgehead atoms. The third-order valence-electron chi connectivity index (χ3n) is 7.05. The molecule has 0 radical (unpaired) electrons. The molecule has 0 aromatic carbocycles. The molecule has 1 atom stereocenters. The number of rotatable bonds is 6. The van der Waals surface area contributed by atoms with Gasteiger partial charge in [-0.25, -0.2) is 4.98 Å². The second kappa shape index (κ2) is 9.06. The van der Waals surface area contributed by atoms with Gasteiger partial charge in [-0.3, -0.25) is 4.90 Å². The highest BCUT2D eigenvalue weighted by Gasteiger charge is 2.38. The Bertz CT molecular complexity index is 624. The molecule has 158 valence electrons. The molecule has 4 heterocycles. The number of aromatic nitrogens is 1. The van der Waals surface area contributed by atoms with Crippen LogP contribution in [0.2, 0.25) is 0 Å². The normalized spacial score (nSPS) is 28.2. The number of aliphatic hydroxyl groups is 1. The van der Waals surface area contributed by atoms with Crippen LogP contribution in [-0.4, -0.2) is 90.4 Å². The highest BCUT2D eigenvalue weighted by molar-refractivity contribution is 7.09. The minimum absolute atomic E-state index is 0.512. The molecule has 0 aliphatic carbocycles. The lowest BCUT2D eigenvalue weighted by Crippen LogP contribution is -2.50. The molecule has 1 aromatic heterocycles. The third-order valence-corrected chi connectivity index (χ3v) is 7.89. The zero-order valence-electron chi connectivity index (χ0n) is 17.5. The molecule has 3 fully saturated rings. The van der Waals surface area contributed by atoms with E-state index in [0.717, 1.165) is 56.3 Å². The van der Waals surface area contributed by atoms with E-state index < -0.39 is 5.60 Å². The molecular formula is C21H36N4O2S. The van der Waals surface area contributed by atoms with Crippen molar-refractivity contribution in [2.24, 2.45) is 0 Å². The summed E-state index contributed by atoms with van der Waals surface area (Å²) in [5.74, 6) is 0. The maximum Gasteiger partial charge on any atom is 0.110 e. The van der Waals surface area contributed by atoms with E-state index >= 15 is 0 Å². The van der Waals surface area contributed by atoms with Crippen molar-refractivity contribution in [1.29, 1.82) is 0 Å². The fraction of sp³-hybridized carbons (Fsp3) is 0.857. The molecule has 0 saturated carbocycles. The smallest absolute Gasteiger partial charge is 0.110 e. The molecule has 3 aliphatic heterocycles. The van der Waals surface area contributed by atoms with Crippen molar-refractivity contribution in [3.05, 3.63) is 16.1 Å². The fourth-order valence-electron chi connectivity index (χ4n) is 5.13. The molecule has 0 amide bonds. The van der Waals surface area contributed by atoms with Crippen LogP contribution in [0.5, 0.6) is 0 Å². The van der Waals surface area contributed by atoms with Gasteiger partial charge >= 0.3 is 0 Å². The summed E-state index contributed by atoms with van der Waals surface area (Å²) in [6, 6.07) is 1.21. The maximum atomic E-state index is 11.3. The first kappa shape index (κ1) is 20.7. The second-order valence-electron chi connectivity index (χ2n) is 8.95. The molecule has 3 aliphatic rings. The van der Waals surface area contributed by atoms with E-state index in [0.29, 0.717) is 12.1 Å². The number of hydrogen-bond donors (Lipinski definition) is 1. The first-order valence-corrected chi connectivity index (χ1v) is 11.8. The Morgan fingerprint density at radius 1 is 1.18 bits per heavy atom. The number of likely N-dealkylation sites (tertiary alicyclic amines) is 3. The van der Waals surface area contributed by atoms with Gasteiger partial charge in [0.05, 0.1) is 18.8 Å². The van der Waals surface area contributed by atoms with E-state index in [9.17, 15) is 5.11 Å². The van der Waals surface area contributed by atoms with Gasteiger partial charge < -0.3 is 19.6 Å². The summed E-state index contributed by atoms with van der Waals surface area (Å²) in [6.07, 6.45) is 6.57. The Labute approximate surface area is 173 Å². The zero-order chi connectivity index (χ0) is 19.6. The lowest BCUT2D eigenvalue weighted by Gasteiger charge is -2.43. The first-order chi connectivity index (χ1) is 13.6. The Morgan fingerprint density at radius 2 is 1.93 bits per heavy atom. The van der Waals surface area contributed by atoms with Crippen molar-refractivity contribution in [3.8, 4) is 0 Å². The average molecular weight is 409 g/mol. The molecular weight excluding hydrogens is 372 g/mol. The van der Waals surface area contributed by atoms with E-state index in [4.69, 9.17) is 9.72 Å². The van der Waals surface area contributed by atoms with E-state index in [1.807, 2.05) is 0 Å². The molecule has 4 rings (SSSR count). The van der Waals surface area contributed by atoms with Crippen LogP contribution in [0.25, 0.3) is 0 Å². The Morgan fingerprint density at radius 3 is 2.64 bits per heavy atom. The van der Waals surface area contributed by atoms with Gasteiger partial charge in [0.25, 0.3) is 0 Å². The Kier molecular flexibility index (Phi) is 6.70. The fourth-order valence-corrected chi connectivity index (χ4v) is 6.04. The van der Waals surface area contributed by atoms with Gasteiger partial charge in [-0.1, -0.05) is 0 Å². The van der Waals surface area contributed by atoms with Crippen LogP contribution in [0.4, 0.5) is 0 Å². The zero-order valence-corrected chi connectivity index (χ0v) is 18.3. The van der Waals surface area contributed by atoms with Crippen LogP contribution in [0, 0.1) is 0 Å². The van der Waals surface area contributed by atoms with Crippen LogP contribution >= 0.6 is 11.3 Å². The van der Waals surface area contributed by atoms with Crippen molar-refractivity contribution in [2.75, 3.05) is 53.5 Å². The quantitative estimate of drug-likeness (QED) is 0.778. The second-order valence-corrected chi connectivity index (χ2v) is 9.89. The molecule has 0 spiro atoms. The first-order valence-electron chi connectivity index (χ1n) is 10.9. The number of thiazole rings is 1. The van der Waals surface area contributed by atoms with Gasteiger partial charge in [0.2, 0.25) is 0 Å². The van der Waals surface area contributed by atoms with Gasteiger partial charge in [-0.15, -0.1) is 11.3 Å². The summed E-state index contributed by atoms with van der Waals surface area (Å²) in [7, 11) is 4.00. The van der Waals surface area contributed by atoms with Gasteiger partial charge in [-0.05, 0) is 65.2 Å².